The van der Waals surface area contributed by atoms with E-state index < -0.39 is 0 Å². The van der Waals surface area contributed by atoms with Gasteiger partial charge in [-0.3, -0.25) is 4.68 Å². The van der Waals surface area contributed by atoms with Crippen LogP contribution in [0.25, 0.3) is 0 Å². The Morgan fingerprint density at radius 1 is 1.73 bits per heavy atom. The molecule has 4 nitrogen and oxygen atoms in total. The van der Waals surface area contributed by atoms with Crippen molar-refractivity contribution in [2.75, 3.05) is 20.3 Å². The first-order chi connectivity index (χ1) is 7.24. The Balaban J connectivity index is 2.25. The summed E-state index contributed by atoms with van der Waals surface area (Å²) in [6.45, 7) is 1.64. The molecule has 1 aliphatic heterocycles. The summed E-state index contributed by atoms with van der Waals surface area (Å²) in [5.41, 5.74) is 1.05. The Hall–Kier alpha value is -0.580. The van der Waals surface area contributed by atoms with Gasteiger partial charge in [0.2, 0.25) is 0 Å². The van der Waals surface area contributed by atoms with Gasteiger partial charge in [0.1, 0.15) is 0 Å². The fraction of sp³-hybridized carbons (Fsp3) is 0.700. The lowest BCUT2D eigenvalue weighted by atomic mass is 9.96. The molecule has 0 bridgehead atoms. The van der Waals surface area contributed by atoms with E-state index in [0.717, 1.165) is 30.4 Å². The van der Waals surface area contributed by atoms with Crippen molar-refractivity contribution in [3.63, 3.8) is 0 Å². The summed E-state index contributed by atoms with van der Waals surface area (Å²) in [4.78, 5) is 0. The monoisotopic (exact) mass is 229 g/mol. The average Bonchev–Trinajstić information content (AvgIpc) is 2.83. The molecule has 2 unspecified atom stereocenters. The molecule has 15 heavy (non-hydrogen) atoms. The highest BCUT2D eigenvalue weighted by Gasteiger charge is 2.29. The highest BCUT2D eigenvalue weighted by molar-refractivity contribution is 6.31. The second kappa shape index (κ2) is 4.51. The van der Waals surface area contributed by atoms with E-state index in [4.69, 9.17) is 16.3 Å². The van der Waals surface area contributed by atoms with Crippen molar-refractivity contribution in [3.8, 4) is 0 Å². The van der Waals surface area contributed by atoms with Crippen molar-refractivity contribution in [1.29, 1.82) is 0 Å². The summed E-state index contributed by atoms with van der Waals surface area (Å²) in [6, 6.07) is 0.229. The zero-order valence-corrected chi connectivity index (χ0v) is 9.79. The number of hydrogen-bond donors (Lipinski definition) is 1. The number of ether oxygens (including phenoxy) is 1. The molecule has 1 fully saturated rings. The SMILES string of the molecule is CNC(c1c(Cl)cnn1C)C1CCOC1. The first kappa shape index (κ1) is 10.9. The third kappa shape index (κ3) is 2.02. The first-order valence-electron chi connectivity index (χ1n) is 5.16. The lowest BCUT2D eigenvalue weighted by molar-refractivity contribution is 0.177. The summed E-state index contributed by atoms with van der Waals surface area (Å²) in [5.74, 6) is 0.489. The maximum atomic E-state index is 6.13. The minimum absolute atomic E-state index is 0.229. The smallest absolute Gasteiger partial charge is 0.0834 e. The molecule has 2 rings (SSSR count). The quantitative estimate of drug-likeness (QED) is 0.851. The maximum absolute atomic E-state index is 6.13. The zero-order valence-electron chi connectivity index (χ0n) is 9.03. The minimum atomic E-state index is 0.229. The molecule has 1 saturated heterocycles. The largest absolute Gasteiger partial charge is 0.381 e. The van der Waals surface area contributed by atoms with Crippen molar-refractivity contribution in [3.05, 3.63) is 16.9 Å². The molecule has 2 atom stereocenters. The molecule has 0 amide bonds. The third-order valence-corrected chi connectivity index (χ3v) is 3.27. The average molecular weight is 230 g/mol. The van der Waals surface area contributed by atoms with Crippen LogP contribution in [0.1, 0.15) is 18.2 Å². The highest BCUT2D eigenvalue weighted by atomic mass is 35.5. The predicted molar refractivity (Wildman–Crippen MR) is 58.9 cm³/mol. The van der Waals surface area contributed by atoms with Gasteiger partial charge < -0.3 is 10.1 Å². The van der Waals surface area contributed by atoms with E-state index in [9.17, 15) is 0 Å². The van der Waals surface area contributed by atoms with Crippen LogP contribution in [0, 0.1) is 5.92 Å². The molecule has 1 N–H and O–H groups in total. The summed E-state index contributed by atoms with van der Waals surface area (Å²) >= 11 is 6.13. The molecule has 1 aliphatic rings. The number of nitrogens with one attached hydrogen (secondary N) is 1. The molecule has 1 aromatic heterocycles. The summed E-state index contributed by atoms with van der Waals surface area (Å²) < 4.78 is 7.24. The zero-order chi connectivity index (χ0) is 10.8. The van der Waals surface area contributed by atoms with Crippen LogP contribution in [0.3, 0.4) is 0 Å². The van der Waals surface area contributed by atoms with Crippen molar-refractivity contribution < 1.29 is 4.74 Å². The van der Waals surface area contributed by atoms with Gasteiger partial charge in [-0.25, -0.2) is 0 Å². The van der Waals surface area contributed by atoms with Gasteiger partial charge in [-0.2, -0.15) is 5.10 Å². The summed E-state index contributed by atoms with van der Waals surface area (Å²) in [7, 11) is 3.87. The topological polar surface area (TPSA) is 39.1 Å². The molecule has 84 valence electrons. The molecule has 5 heteroatoms. The number of halogens is 1. The predicted octanol–water partition coefficient (Wildman–Crippen LogP) is 1.37. The standard InChI is InChI=1S/C10H16ClN3O/c1-12-9(7-3-4-15-6-7)10-8(11)5-13-14(10)2/h5,7,9,12H,3-4,6H2,1-2H3. The van der Waals surface area contributed by atoms with Crippen LogP contribution in [0.15, 0.2) is 6.20 Å². The summed E-state index contributed by atoms with van der Waals surface area (Å²) in [6.07, 6.45) is 2.77. The third-order valence-electron chi connectivity index (χ3n) is 2.98. The Kier molecular flexibility index (Phi) is 3.29. The molecule has 0 saturated carbocycles. The summed E-state index contributed by atoms with van der Waals surface area (Å²) in [5, 5.41) is 8.19. The van der Waals surface area contributed by atoms with Gasteiger partial charge in [-0.15, -0.1) is 0 Å². The van der Waals surface area contributed by atoms with Crippen molar-refractivity contribution >= 4 is 11.6 Å². The molecule has 0 spiro atoms. The lowest BCUT2D eigenvalue weighted by Gasteiger charge is -2.22. The van der Waals surface area contributed by atoms with Crippen LogP contribution in [-0.2, 0) is 11.8 Å². The van der Waals surface area contributed by atoms with Crippen LogP contribution in [0.2, 0.25) is 5.02 Å². The van der Waals surface area contributed by atoms with Gasteiger partial charge in [-0.05, 0) is 13.5 Å². The van der Waals surface area contributed by atoms with Gasteiger partial charge in [0, 0.05) is 19.6 Å². The molecular weight excluding hydrogens is 214 g/mol. The number of aryl methyl sites for hydroxylation is 1. The Morgan fingerprint density at radius 3 is 3.00 bits per heavy atom. The second-order valence-corrected chi connectivity index (χ2v) is 4.30. The fourth-order valence-corrected chi connectivity index (χ4v) is 2.46. The minimum Gasteiger partial charge on any atom is -0.381 e. The Morgan fingerprint density at radius 2 is 2.53 bits per heavy atom. The van der Waals surface area contributed by atoms with Gasteiger partial charge in [-0.1, -0.05) is 11.6 Å². The van der Waals surface area contributed by atoms with E-state index in [-0.39, 0.29) is 6.04 Å². The fourth-order valence-electron chi connectivity index (χ4n) is 2.18. The highest BCUT2D eigenvalue weighted by Crippen LogP contribution is 2.31. The van der Waals surface area contributed by atoms with Crippen LogP contribution < -0.4 is 5.32 Å². The van der Waals surface area contributed by atoms with Gasteiger partial charge in [0.25, 0.3) is 0 Å². The van der Waals surface area contributed by atoms with Crippen molar-refractivity contribution in [2.45, 2.75) is 12.5 Å². The van der Waals surface area contributed by atoms with E-state index in [1.165, 1.54) is 0 Å². The van der Waals surface area contributed by atoms with E-state index >= 15 is 0 Å². The van der Waals surface area contributed by atoms with E-state index in [0.29, 0.717) is 5.92 Å². The van der Waals surface area contributed by atoms with E-state index in [1.807, 2.05) is 18.8 Å². The van der Waals surface area contributed by atoms with E-state index in [1.54, 1.807) is 6.20 Å². The van der Waals surface area contributed by atoms with Crippen molar-refractivity contribution in [1.82, 2.24) is 15.1 Å². The number of hydrogen-bond acceptors (Lipinski definition) is 3. The van der Waals surface area contributed by atoms with Gasteiger partial charge in [0.15, 0.2) is 0 Å². The first-order valence-corrected chi connectivity index (χ1v) is 5.54. The second-order valence-electron chi connectivity index (χ2n) is 3.89. The Bertz CT molecular complexity index is 314. The normalized spacial score (nSPS) is 23.3. The number of aromatic nitrogens is 2. The van der Waals surface area contributed by atoms with Crippen LogP contribution >= 0.6 is 11.6 Å². The molecule has 0 aliphatic carbocycles. The molecule has 0 aromatic carbocycles. The van der Waals surface area contributed by atoms with Crippen molar-refractivity contribution in [2.24, 2.45) is 13.0 Å². The molecule has 1 aromatic rings. The maximum Gasteiger partial charge on any atom is 0.0834 e. The number of nitrogens with zero attached hydrogens (tertiary/aromatic N) is 2. The van der Waals surface area contributed by atoms with Gasteiger partial charge >= 0.3 is 0 Å². The molecular formula is C10H16ClN3O. The lowest BCUT2D eigenvalue weighted by Crippen LogP contribution is -2.27. The number of rotatable bonds is 3. The van der Waals surface area contributed by atoms with Crippen LogP contribution in [-0.4, -0.2) is 30.0 Å². The van der Waals surface area contributed by atoms with Crippen LogP contribution in [0.5, 0.6) is 0 Å². The molecule has 2 heterocycles. The van der Waals surface area contributed by atoms with Gasteiger partial charge in [0.05, 0.1) is 29.6 Å². The Labute approximate surface area is 94.6 Å². The van der Waals surface area contributed by atoms with Crippen LogP contribution in [0.4, 0.5) is 0 Å². The molecule has 0 radical (unpaired) electrons. The van der Waals surface area contributed by atoms with E-state index in [2.05, 4.69) is 10.4 Å².